The van der Waals surface area contributed by atoms with Crippen molar-refractivity contribution in [1.29, 1.82) is 0 Å². The van der Waals surface area contributed by atoms with E-state index in [4.69, 9.17) is 0 Å². The van der Waals surface area contributed by atoms with Gasteiger partial charge >= 0.3 is 0 Å². The van der Waals surface area contributed by atoms with E-state index >= 15 is 0 Å². The molecule has 10 aromatic rings. The molecule has 0 saturated carbocycles. The van der Waals surface area contributed by atoms with Crippen LogP contribution in [0.4, 0.5) is 28.4 Å². The van der Waals surface area contributed by atoms with Crippen molar-refractivity contribution in [2.75, 3.05) is 10.2 Å². The van der Waals surface area contributed by atoms with Crippen molar-refractivity contribution in [3.8, 4) is 27.9 Å². The lowest BCUT2D eigenvalue weighted by Gasteiger charge is -2.42. The van der Waals surface area contributed by atoms with Crippen molar-refractivity contribution < 1.29 is 0 Å². The zero-order chi connectivity index (χ0) is 43.3. The molecule has 0 amide bonds. The first-order chi connectivity index (χ1) is 31.1. The second kappa shape index (κ2) is 14.6. The Labute approximate surface area is 380 Å². The van der Waals surface area contributed by atoms with Crippen molar-refractivity contribution in [2.24, 2.45) is 0 Å². The summed E-state index contributed by atoms with van der Waals surface area (Å²) in [5.41, 5.74) is 20.3. The van der Waals surface area contributed by atoms with Gasteiger partial charge in [0.25, 0.3) is 0 Å². The third-order valence-electron chi connectivity index (χ3n) is 14.4. The molecule has 0 bridgehead atoms. The monoisotopic (exact) mass is 843 g/mol. The van der Waals surface area contributed by atoms with Gasteiger partial charge in [-0.2, -0.15) is 0 Å². The SMILES string of the molecule is Cc1cc(-c2cc(N(c3ccccc3)c3ccccc3)ccc2Nc2ccc3c(c2)C(C)(C)CCC3(C)C)c2c3c1c1ccccc1n3-c1c(sc3ccc(-c4ccccc4)cc13)B2. The normalized spacial score (nSPS) is 14.6. The number of benzene rings is 8. The molecule has 2 aromatic heterocycles. The Hall–Kier alpha value is -6.82. The molecule has 0 saturated heterocycles. The van der Waals surface area contributed by atoms with Gasteiger partial charge in [-0.15, -0.1) is 11.3 Å². The van der Waals surface area contributed by atoms with E-state index in [0.29, 0.717) is 0 Å². The number of anilines is 5. The fourth-order valence-corrected chi connectivity index (χ4v) is 12.2. The predicted octanol–water partition coefficient (Wildman–Crippen LogP) is 14.9. The van der Waals surface area contributed by atoms with Crippen LogP contribution in [0.2, 0.25) is 0 Å². The number of hydrogen-bond donors (Lipinski definition) is 1. The number of para-hydroxylation sites is 3. The zero-order valence-corrected chi connectivity index (χ0v) is 38.0. The maximum Gasteiger partial charge on any atom is 0.211 e. The molecule has 1 aliphatic heterocycles. The molecule has 3 nitrogen and oxygen atoms in total. The molecule has 0 spiro atoms. The lowest BCUT2D eigenvalue weighted by molar-refractivity contribution is 0.332. The van der Waals surface area contributed by atoms with Gasteiger partial charge in [-0.25, -0.2) is 0 Å². The number of nitrogens with zero attached hydrogens (tertiary/aromatic N) is 2. The minimum Gasteiger partial charge on any atom is -0.355 e. The Morgan fingerprint density at radius 2 is 1.25 bits per heavy atom. The van der Waals surface area contributed by atoms with Gasteiger partial charge < -0.3 is 14.8 Å². The van der Waals surface area contributed by atoms with Crippen LogP contribution in [0.1, 0.15) is 57.2 Å². The molecule has 0 radical (unpaired) electrons. The third kappa shape index (κ3) is 6.16. The molecule has 2 aliphatic rings. The highest BCUT2D eigenvalue weighted by Crippen LogP contribution is 2.48. The van der Waals surface area contributed by atoms with Crippen LogP contribution in [0.15, 0.2) is 176 Å². The zero-order valence-electron chi connectivity index (χ0n) is 37.2. The maximum absolute atomic E-state index is 4.05. The van der Waals surface area contributed by atoms with Gasteiger partial charge in [0, 0.05) is 60.4 Å². The molecular weight excluding hydrogens is 794 g/mol. The Bertz CT molecular complexity index is 3410. The molecule has 12 rings (SSSR count). The summed E-state index contributed by atoms with van der Waals surface area (Å²) in [5, 5.41) is 8.02. The molecule has 3 heterocycles. The topological polar surface area (TPSA) is 20.2 Å². The lowest BCUT2D eigenvalue weighted by atomic mass is 9.62. The standard InChI is InChI=1S/C59H50BN3S/c1-37-33-46(54-56-53(37)44-23-15-16-24-51(44)63(56)55-47-34-39(38-17-9-6-10-18-38)25-30-52(47)64-57(55)60-54)45-36-43(62(41-19-11-7-12-20-41)42-21-13-8-14-22-42)27-29-50(45)61-40-26-28-48-49(35-40)59(4,5)32-31-58(48,2)3/h6-30,33-36,60-61H,31-32H2,1-5H3. The van der Waals surface area contributed by atoms with Crippen LogP contribution in [0, 0.1) is 6.92 Å². The molecule has 64 heavy (non-hydrogen) atoms. The van der Waals surface area contributed by atoms with Crippen molar-refractivity contribution in [3.63, 3.8) is 0 Å². The highest BCUT2D eigenvalue weighted by atomic mass is 32.1. The Morgan fingerprint density at radius 3 is 1.98 bits per heavy atom. The van der Waals surface area contributed by atoms with Crippen LogP contribution in [-0.2, 0) is 10.8 Å². The average Bonchev–Trinajstić information content (AvgIpc) is 3.87. The van der Waals surface area contributed by atoms with Crippen molar-refractivity contribution in [2.45, 2.75) is 58.3 Å². The molecule has 1 N–H and O–H groups in total. The quantitative estimate of drug-likeness (QED) is 0.161. The molecule has 0 fully saturated rings. The first-order valence-electron chi connectivity index (χ1n) is 22.8. The molecule has 1 aliphatic carbocycles. The highest BCUT2D eigenvalue weighted by molar-refractivity contribution is 7.29. The van der Waals surface area contributed by atoms with Gasteiger partial charge in [0.05, 0.1) is 11.2 Å². The maximum atomic E-state index is 4.05. The van der Waals surface area contributed by atoms with Gasteiger partial charge in [0.1, 0.15) is 0 Å². The number of hydrogen-bond acceptors (Lipinski definition) is 3. The van der Waals surface area contributed by atoms with Crippen molar-refractivity contribution in [3.05, 3.63) is 193 Å². The van der Waals surface area contributed by atoms with Crippen LogP contribution in [-0.4, -0.2) is 11.8 Å². The smallest absolute Gasteiger partial charge is 0.211 e. The third-order valence-corrected chi connectivity index (χ3v) is 15.5. The summed E-state index contributed by atoms with van der Waals surface area (Å²) in [6.07, 6.45) is 2.37. The van der Waals surface area contributed by atoms with Crippen LogP contribution in [0.25, 0.3) is 59.8 Å². The minimum absolute atomic E-state index is 0.102. The minimum atomic E-state index is 0.102. The fraction of sp³-hybridized carbons (Fsp3) is 0.153. The van der Waals surface area contributed by atoms with Crippen LogP contribution in [0.3, 0.4) is 0 Å². The largest absolute Gasteiger partial charge is 0.355 e. The number of aromatic nitrogens is 1. The summed E-state index contributed by atoms with van der Waals surface area (Å²) in [7, 11) is 0.852. The second-order valence-corrected chi connectivity index (χ2v) is 20.4. The van der Waals surface area contributed by atoms with E-state index in [1.54, 1.807) is 0 Å². The van der Waals surface area contributed by atoms with Gasteiger partial charge in [-0.1, -0.05) is 131 Å². The summed E-state index contributed by atoms with van der Waals surface area (Å²) in [6.45, 7) is 12.0. The molecule has 0 atom stereocenters. The molecular formula is C59H50BN3S. The number of aryl methyl sites for hydroxylation is 1. The number of nitrogens with one attached hydrogen (secondary N) is 1. The number of rotatable bonds is 7. The van der Waals surface area contributed by atoms with Gasteiger partial charge in [0.15, 0.2) is 0 Å². The van der Waals surface area contributed by atoms with Crippen LogP contribution >= 0.6 is 11.3 Å². The van der Waals surface area contributed by atoms with Gasteiger partial charge in [-0.05, 0) is 147 Å². The molecule has 5 heteroatoms. The summed E-state index contributed by atoms with van der Waals surface area (Å²) >= 11 is 1.95. The molecule has 0 unspecified atom stereocenters. The lowest BCUT2D eigenvalue weighted by Crippen LogP contribution is -2.35. The van der Waals surface area contributed by atoms with E-state index in [0.717, 1.165) is 35.7 Å². The summed E-state index contributed by atoms with van der Waals surface area (Å²) in [4.78, 5) is 2.39. The van der Waals surface area contributed by atoms with Crippen molar-refractivity contribution in [1.82, 2.24) is 4.57 Å². The average molecular weight is 844 g/mol. The van der Waals surface area contributed by atoms with E-state index in [2.05, 4.69) is 225 Å². The van der Waals surface area contributed by atoms with E-state index in [-0.39, 0.29) is 10.8 Å². The molecule has 8 aromatic carbocycles. The second-order valence-electron chi connectivity index (χ2n) is 19.3. The van der Waals surface area contributed by atoms with Gasteiger partial charge in [0.2, 0.25) is 7.28 Å². The first kappa shape index (κ1) is 38.8. The Balaban J connectivity index is 1.11. The van der Waals surface area contributed by atoms with E-state index in [1.807, 2.05) is 11.3 Å². The summed E-state index contributed by atoms with van der Waals surface area (Å²) in [5.74, 6) is 0. The first-order valence-corrected chi connectivity index (χ1v) is 23.6. The van der Waals surface area contributed by atoms with E-state index in [1.165, 1.54) is 99.6 Å². The summed E-state index contributed by atoms with van der Waals surface area (Å²) < 4.78 is 5.35. The van der Waals surface area contributed by atoms with E-state index in [9.17, 15) is 0 Å². The number of fused-ring (bicyclic) bond motifs is 8. The van der Waals surface area contributed by atoms with Crippen LogP contribution in [0.5, 0.6) is 0 Å². The summed E-state index contributed by atoms with van der Waals surface area (Å²) in [6, 6.07) is 65.1. The van der Waals surface area contributed by atoms with Gasteiger partial charge in [-0.3, -0.25) is 0 Å². The van der Waals surface area contributed by atoms with Crippen molar-refractivity contribution >= 4 is 89.2 Å². The highest BCUT2D eigenvalue weighted by Gasteiger charge is 2.37. The fourth-order valence-electron chi connectivity index (χ4n) is 11.0. The number of thiophene rings is 1. The molecule has 310 valence electrons. The van der Waals surface area contributed by atoms with Crippen LogP contribution < -0.4 is 20.5 Å². The predicted molar refractivity (Wildman–Crippen MR) is 278 cm³/mol. The van der Waals surface area contributed by atoms with E-state index < -0.39 is 0 Å². The Morgan fingerprint density at radius 1 is 0.578 bits per heavy atom. The Kier molecular flexibility index (Phi) is 8.87.